The summed E-state index contributed by atoms with van der Waals surface area (Å²) in [5, 5.41) is 18.2. The van der Waals surface area contributed by atoms with Gasteiger partial charge in [0.2, 0.25) is 0 Å². The van der Waals surface area contributed by atoms with E-state index in [1.165, 1.54) is 0 Å². The standard InChI is InChI=1S/C16H6BF22NO4/c18-7(11(24,25)26,43-15(36,37)9(20,21)13(30,31)32)3-1-4(6(40)2-5(3)17(41)42)8(19,12(27,28)29)44-16(38,39)10(22,23)14(33,34)35/h1-2,41-42H,40H2. The van der Waals surface area contributed by atoms with Gasteiger partial charge in [-0.25, -0.2) is 0 Å². The van der Waals surface area contributed by atoms with Gasteiger partial charge in [-0.15, -0.1) is 0 Å². The van der Waals surface area contributed by atoms with Crippen LogP contribution in [-0.4, -0.2) is 65.9 Å². The van der Waals surface area contributed by atoms with Crippen molar-refractivity contribution in [3.63, 3.8) is 0 Å². The minimum Gasteiger partial charge on any atom is -0.423 e. The van der Waals surface area contributed by atoms with E-state index in [1.54, 1.807) is 0 Å². The lowest BCUT2D eigenvalue weighted by atomic mass is 9.73. The topological polar surface area (TPSA) is 84.9 Å². The molecule has 44 heavy (non-hydrogen) atoms. The number of nitrogen functional groups attached to an aromatic ring is 1. The number of alkyl halides is 22. The number of anilines is 1. The second-order valence-electron chi connectivity index (χ2n) is 7.97. The van der Waals surface area contributed by atoms with Gasteiger partial charge < -0.3 is 15.8 Å². The molecule has 0 aliphatic rings. The molecule has 256 valence electrons. The Labute approximate surface area is 225 Å². The van der Waals surface area contributed by atoms with Gasteiger partial charge in [0.15, 0.2) is 0 Å². The summed E-state index contributed by atoms with van der Waals surface area (Å²) in [6, 6.07) is -2.93. The number of benzene rings is 1. The van der Waals surface area contributed by atoms with E-state index in [0.29, 0.717) is 0 Å². The first-order valence-electron chi connectivity index (χ1n) is 9.72. The Morgan fingerprint density at radius 3 is 1.02 bits per heavy atom. The van der Waals surface area contributed by atoms with E-state index in [4.69, 9.17) is 10.0 Å². The lowest BCUT2D eigenvalue weighted by Gasteiger charge is -2.38. The Hall–Kier alpha value is -2.62. The lowest BCUT2D eigenvalue weighted by molar-refractivity contribution is -0.489. The van der Waals surface area contributed by atoms with Gasteiger partial charge in [0.25, 0.3) is 0 Å². The van der Waals surface area contributed by atoms with Crippen LogP contribution >= 0.6 is 0 Å². The molecule has 0 saturated heterocycles. The van der Waals surface area contributed by atoms with E-state index in [1.807, 2.05) is 9.47 Å². The molecule has 0 spiro atoms. The summed E-state index contributed by atoms with van der Waals surface area (Å²) in [6.07, 6.45) is -46.0. The predicted molar refractivity (Wildman–Crippen MR) is 92.4 cm³/mol. The largest absolute Gasteiger partial charge is 0.489 e. The van der Waals surface area contributed by atoms with Crippen molar-refractivity contribution in [2.24, 2.45) is 0 Å². The van der Waals surface area contributed by atoms with Gasteiger partial charge in [-0.05, 0) is 17.6 Å². The predicted octanol–water partition coefficient (Wildman–Crippen LogP) is 5.93. The van der Waals surface area contributed by atoms with Crippen LogP contribution in [0.4, 0.5) is 102 Å². The summed E-state index contributed by atoms with van der Waals surface area (Å²) in [7, 11) is -3.95. The minimum absolute atomic E-state index is 1.07. The number of nitrogens with two attached hydrogens (primary N) is 1. The van der Waals surface area contributed by atoms with E-state index in [-0.39, 0.29) is 0 Å². The Kier molecular flexibility index (Phi) is 9.62. The van der Waals surface area contributed by atoms with Crippen molar-refractivity contribution in [2.45, 2.75) is 60.5 Å². The van der Waals surface area contributed by atoms with Crippen molar-refractivity contribution >= 4 is 18.3 Å². The van der Waals surface area contributed by atoms with E-state index in [2.05, 4.69) is 5.73 Å². The maximum atomic E-state index is 15.1. The summed E-state index contributed by atoms with van der Waals surface area (Å²) >= 11 is 0. The molecule has 5 nitrogen and oxygen atoms in total. The van der Waals surface area contributed by atoms with Gasteiger partial charge in [0.1, 0.15) is 0 Å². The van der Waals surface area contributed by atoms with Crippen LogP contribution in [0.25, 0.3) is 0 Å². The van der Waals surface area contributed by atoms with Gasteiger partial charge in [-0.1, -0.05) is 0 Å². The second-order valence-corrected chi connectivity index (χ2v) is 7.97. The molecule has 2 unspecified atom stereocenters. The highest BCUT2D eigenvalue weighted by Gasteiger charge is 2.80. The molecule has 0 saturated carbocycles. The molecule has 0 aliphatic heterocycles. The maximum Gasteiger partial charge on any atom is 0.489 e. The molecule has 0 heterocycles. The molecule has 0 fully saturated rings. The van der Waals surface area contributed by atoms with Crippen LogP contribution in [0.2, 0.25) is 0 Å². The number of ether oxygens (including phenoxy) is 2. The molecule has 28 heteroatoms. The second kappa shape index (κ2) is 10.7. The molecule has 0 aromatic heterocycles. The smallest absolute Gasteiger partial charge is 0.423 e. The zero-order valence-electron chi connectivity index (χ0n) is 19.3. The molecule has 0 amide bonds. The van der Waals surface area contributed by atoms with Crippen molar-refractivity contribution in [1.29, 1.82) is 0 Å². The summed E-state index contributed by atoms with van der Waals surface area (Å²) < 4.78 is 296. The fourth-order valence-corrected chi connectivity index (χ4v) is 2.75. The van der Waals surface area contributed by atoms with Gasteiger partial charge in [0, 0.05) is 16.8 Å². The molecule has 1 aromatic rings. The van der Waals surface area contributed by atoms with Crippen LogP contribution in [0, 0.1) is 0 Å². The SMILES string of the molecule is Nc1cc(B(O)O)c(C(F)(OC(F)(F)C(F)(F)C(F)(F)F)C(F)(F)F)cc1C(F)(OC(F)(F)C(F)(F)C(F)(F)F)C(F)(F)F. The van der Waals surface area contributed by atoms with Crippen molar-refractivity contribution in [3.05, 3.63) is 23.3 Å². The summed E-state index contributed by atoms with van der Waals surface area (Å²) in [5.41, 5.74) is -7.75. The Balaban J connectivity index is 4.30. The zero-order chi connectivity index (χ0) is 35.7. The van der Waals surface area contributed by atoms with Crippen LogP contribution in [-0.2, 0) is 21.2 Å². The first-order chi connectivity index (χ1) is 18.9. The Morgan fingerprint density at radius 1 is 0.477 bits per heavy atom. The van der Waals surface area contributed by atoms with Gasteiger partial charge in [-0.3, -0.25) is 9.47 Å². The maximum absolute atomic E-state index is 15.1. The van der Waals surface area contributed by atoms with Crippen molar-refractivity contribution in [3.8, 4) is 0 Å². The van der Waals surface area contributed by atoms with E-state index in [9.17, 15) is 92.2 Å². The first-order valence-corrected chi connectivity index (χ1v) is 9.72. The summed E-state index contributed by atoms with van der Waals surface area (Å²) in [5.74, 6) is -30.0. The highest BCUT2D eigenvalue weighted by molar-refractivity contribution is 6.59. The highest BCUT2D eigenvalue weighted by atomic mass is 19.4. The van der Waals surface area contributed by atoms with E-state index < -0.39 is 102 Å². The third kappa shape index (κ3) is 6.38. The molecular weight excluding hydrogens is 699 g/mol. The van der Waals surface area contributed by atoms with Crippen LogP contribution in [0.1, 0.15) is 11.1 Å². The zero-order valence-corrected chi connectivity index (χ0v) is 19.3. The molecule has 0 bridgehead atoms. The van der Waals surface area contributed by atoms with Crippen molar-refractivity contribution < 1.29 is 116 Å². The molecule has 0 aliphatic carbocycles. The number of hydrogen-bond donors (Lipinski definition) is 3. The van der Waals surface area contributed by atoms with Gasteiger partial charge in [-0.2, -0.15) is 96.6 Å². The Morgan fingerprint density at radius 2 is 0.773 bits per heavy atom. The molecule has 1 rings (SSSR count). The van der Waals surface area contributed by atoms with Gasteiger partial charge in [0.05, 0.1) is 0 Å². The van der Waals surface area contributed by atoms with Crippen LogP contribution in [0.5, 0.6) is 0 Å². The monoisotopic (exact) mass is 705 g/mol. The third-order valence-corrected chi connectivity index (χ3v) is 4.90. The number of rotatable bonds is 9. The highest BCUT2D eigenvalue weighted by Crippen LogP contribution is 2.57. The van der Waals surface area contributed by atoms with Crippen LogP contribution < -0.4 is 11.2 Å². The van der Waals surface area contributed by atoms with Crippen LogP contribution in [0.3, 0.4) is 0 Å². The van der Waals surface area contributed by atoms with Gasteiger partial charge >= 0.3 is 67.6 Å². The summed E-state index contributed by atoms with van der Waals surface area (Å²) in [4.78, 5) is 0. The normalized spacial score (nSPS) is 17.7. The average molecular weight is 705 g/mol. The average Bonchev–Trinajstić information content (AvgIpc) is 2.74. The van der Waals surface area contributed by atoms with Crippen LogP contribution in [0.15, 0.2) is 12.1 Å². The Bertz CT molecular complexity index is 1210. The van der Waals surface area contributed by atoms with Crippen molar-refractivity contribution in [1.82, 2.24) is 0 Å². The van der Waals surface area contributed by atoms with Crippen molar-refractivity contribution in [2.75, 3.05) is 5.73 Å². The number of halogens is 22. The molecule has 2 atom stereocenters. The molecule has 1 aromatic carbocycles. The lowest BCUT2D eigenvalue weighted by Crippen LogP contribution is -2.59. The van der Waals surface area contributed by atoms with E-state index >= 15 is 4.39 Å². The fraction of sp³-hybridized carbons (Fsp3) is 0.625. The third-order valence-electron chi connectivity index (χ3n) is 4.90. The first kappa shape index (κ1) is 39.4. The fourth-order valence-electron chi connectivity index (χ4n) is 2.75. The summed E-state index contributed by atoms with van der Waals surface area (Å²) in [6.45, 7) is 0. The molecule has 4 N–H and O–H groups in total. The minimum atomic E-state index is -7.86. The quantitative estimate of drug-likeness (QED) is 0.169. The number of hydrogen-bond acceptors (Lipinski definition) is 5. The molecular formula is C16H6BF22NO4. The van der Waals surface area contributed by atoms with E-state index in [0.717, 1.165) is 0 Å². The molecule has 0 radical (unpaired) electrons.